The topological polar surface area (TPSA) is 32.7 Å². The molecule has 1 aliphatic heterocycles. The molecular formula is C20H24ClNO2. The highest BCUT2D eigenvalue weighted by Crippen LogP contribution is 2.31. The van der Waals surface area contributed by atoms with E-state index in [0.29, 0.717) is 16.5 Å². The number of para-hydroxylation sites is 1. The second-order valence-corrected chi connectivity index (χ2v) is 7.04. The van der Waals surface area contributed by atoms with E-state index in [1.807, 2.05) is 49.4 Å². The van der Waals surface area contributed by atoms with Crippen LogP contribution in [0.3, 0.4) is 0 Å². The van der Waals surface area contributed by atoms with Crippen molar-refractivity contribution in [3.05, 3.63) is 59.1 Å². The van der Waals surface area contributed by atoms with Crippen molar-refractivity contribution >= 4 is 11.6 Å². The van der Waals surface area contributed by atoms with Gasteiger partial charge in [-0.05, 0) is 69.1 Å². The lowest BCUT2D eigenvalue weighted by Gasteiger charge is -2.27. The summed E-state index contributed by atoms with van der Waals surface area (Å²) in [6.45, 7) is 5.12. The van der Waals surface area contributed by atoms with Crippen LogP contribution < -0.4 is 4.74 Å². The molecule has 2 aromatic carbocycles. The molecule has 0 aliphatic carbocycles. The number of benzene rings is 2. The predicted octanol–water partition coefficient (Wildman–Crippen LogP) is 4.83. The quantitative estimate of drug-likeness (QED) is 0.814. The molecule has 3 rings (SSSR count). The van der Waals surface area contributed by atoms with Crippen LogP contribution in [0, 0.1) is 0 Å². The zero-order valence-corrected chi connectivity index (χ0v) is 14.8. The summed E-state index contributed by atoms with van der Waals surface area (Å²) in [5.74, 6) is 1.34. The molecule has 128 valence electrons. The fraction of sp³-hybridized carbons (Fsp3) is 0.400. The third-order valence-corrected chi connectivity index (χ3v) is 4.97. The standard InChI is InChI=1S/C20H24ClNO2/c1-20(23,12-15-22-13-4-5-14-22)16-8-10-17(11-9-16)24-19-7-3-2-6-18(19)21/h2-3,6-11,23H,4-5,12-15H2,1H3. The maximum Gasteiger partial charge on any atom is 0.146 e. The summed E-state index contributed by atoms with van der Waals surface area (Å²) in [4.78, 5) is 2.42. The minimum atomic E-state index is -0.828. The monoisotopic (exact) mass is 345 g/mol. The molecule has 0 bridgehead atoms. The van der Waals surface area contributed by atoms with E-state index in [0.717, 1.165) is 31.6 Å². The first-order valence-corrected chi connectivity index (χ1v) is 8.90. The van der Waals surface area contributed by atoms with Gasteiger partial charge >= 0.3 is 0 Å². The predicted molar refractivity (Wildman–Crippen MR) is 97.8 cm³/mol. The van der Waals surface area contributed by atoms with Crippen molar-refractivity contribution in [2.45, 2.75) is 31.8 Å². The fourth-order valence-corrected chi connectivity index (χ4v) is 3.24. The van der Waals surface area contributed by atoms with E-state index in [9.17, 15) is 5.11 Å². The molecule has 1 unspecified atom stereocenters. The molecule has 0 aromatic heterocycles. The van der Waals surface area contributed by atoms with Crippen LogP contribution in [-0.4, -0.2) is 29.6 Å². The first-order chi connectivity index (χ1) is 11.5. The molecule has 24 heavy (non-hydrogen) atoms. The summed E-state index contributed by atoms with van der Waals surface area (Å²) >= 11 is 6.11. The van der Waals surface area contributed by atoms with E-state index in [2.05, 4.69) is 4.90 Å². The molecule has 1 heterocycles. The zero-order valence-electron chi connectivity index (χ0n) is 14.0. The summed E-state index contributed by atoms with van der Waals surface area (Å²) in [7, 11) is 0. The van der Waals surface area contributed by atoms with Crippen molar-refractivity contribution in [2.24, 2.45) is 0 Å². The van der Waals surface area contributed by atoms with Gasteiger partial charge in [0.05, 0.1) is 10.6 Å². The number of likely N-dealkylation sites (tertiary alicyclic amines) is 1. The zero-order chi connectivity index (χ0) is 17.0. The smallest absolute Gasteiger partial charge is 0.146 e. The summed E-state index contributed by atoms with van der Waals surface area (Å²) < 4.78 is 5.80. The first kappa shape index (κ1) is 17.3. The summed E-state index contributed by atoms with van der Waals surface area (Å²) in [6.07, 6.45) is 3.28. The number of nitrogens with zero attached hydrogens (tertiary/aromatic N) is 1. The van der Waals surface area contributed by atoms with Gasteiger partial charge in [0.2, 0.25) is 0 Å². The molecule has 1 aliphatic rings. The minimum absolute atomic E-state index is 0.583. The Balaban J connectivity index is 1.63. The van der Waals surface area contributed by atoms with Gasteiger partial charge in [-0.3, -0.25) is 0 Å². The van der Waals surface area contributed by atoms with Gasteiger partial charge in [-0.2, -0.15) is 0 Å². The minimum Gasteiger partial charge on any atom is -0.456 e. The Morgan fingerprint density at radius 3 is 2.42 bits per heavy atom. The summed E-state index contributed by atoms with van der Waals surface area (Å²) in [6, 6.07) is 15.0. The molecule has 0 spiro atoms. The van der Waals surface area contributed by atoms with E-state index < -0.39 is 5.60 Å². The molecule has 1 atom stereocenters. The summed E-state index contributed by atoms with van der Waals surface area (Å²) in [5, 5.41) is 11.4. The van der Waals surface area contributed by atoms with Gasteiger partial charge in [0.25, 0.3) is 0 Å². The van der Waals surface area contributed by atoms with E-state index in [4.69, 9.17) is 16.3 Å². The lowest BCUT2D eigenvalue weighted by Crippen LogP contribution is -2.29. The number of rotatable bonds is 6. The molecule has 4 heteroatoms. The van der Waals surface area contributed by atoms with Gasteiger partial charge in [0, 0.05) is 6.54 Å². The Labute approximate surface area is 148 Å². The lowest BCUT2D eigenvalue weighted by atomic mass is 9.92. The Morgan fingerprint density at radius 1 is 1.08 bits per heavy atom. The Morgan fingerprint density at radius 2 is 1.75 bits per heavy atom. The fourth-order valence-electron chi connectivity index (χ4n) is 3.06. The molecule has 0 amide bonds. The first-order valence-electron chi connectivity index (χ1n) is 8.52. The largest absolute Gasteiger partial charge is 0.456 e. The Hall–Kier alpha value is -1.55. The number of ether oxygens (including phenoxy) is 1. The molecular weight excluding hydrogens is 322 g/mol. The molecule has 1 fully saturated rings. The molecule has 1 N–H and O–H groups in total. The second kappa shape index (κ2) is 7.56. The maximum absolute atomic E-state index is 10.8. The normalized spacial score (nSPS) is 17.6. The molecule has 2 aromatic rings. The maximum atomic E-state index is 10.8. The third kappa shape index (κ3) is 4.29. The molecule has 1 saturated heterocycles. The number of aliphatic hydroxyl groups is 1. The summed E-state index contributed by atoms with van der Waals surface area (Å²) in [5.41, 5.74) is 0.0825. The third-order valence-electron chi connectivity index (χ3n) is 4.65. The van der Waals surface area contributed by atoms with E-state index in [1.54, 1.807) is 6.07 Å². The van der Waals surface area contributed by atoms with E-state index >= 15 is 0 Å². The van der Waals surface area contributed by atoms with Crippen molar-refractivity contribution in [2.75, 3.05) is 19.6 Å². The van der Waals surface area contributed by atoms with Crippen LogP contribution in [0.4, 0.5) is 0 Å². The number of hydrogen-bond acceptors (Lipinski definition) is 3. The van der Waals surface area contributed by atoms with Crippen LogP contribution >= 0.6 is 11.6 Å². The van der Waals surface area contributed by atoms with Crippen molar-refractivity contribution in [3.63, 3.8) is 0 Å². The molecule has 0 saturated carbocycles. The average molecular weight is 346 g/mol. The van der Waals surface area contributed by atoms with Crippen LogP contribution in [0.2, 0.25) is 5.02 Å². The van der Waals surface area contributed by atoms with Crippen molar-refractivity contribution < 1.29 is 9.84 Å². The van der Waals surface area contributed by atoms with Gasteiger partial charge in [-0.15, -0.1) is 0 Å². The SMILES string of the molecule is CC(O)(CCN1CCCC1)c1ccc(Oc2ccccc2Cl)cc1. The van der Waals surface area contributed by atoms with Gasteiger partial charge in [-0.25, -0.2) is 0 Å². The second-order valence-electron chi connectivity index (χ2n) is 6.63. The van der Waals surface area contributed by atoms with Crippen LogP contribution in [0.15, 0.2) is 48.5 Å². The van der Waals surface area contributed by atoms with Gasteiger partial charge < -0.3 is 14.7 Å². The van der Waals surface area contributed by atoms with Crippen molar-refractivity contribution in [1.82, 2.24) is 4.90 Å². The highest BCUT2D eigenvalue weighted by molar-refractivity contribution is 6.32. The highest BCUT2D eigenvalue weighted by Gasteiger charge is 2.24. The highest BCUT2D eigenvalue weighted by atomic mass is 35.5. The van der Waals surface area contributed by atoms with E-state index in [-0.39, 0.29) is 0 Å². The number of hydrogen-bond donors (Lipinski definition) is 1. The Bertz CT molecular complexity index is 664. The Kier molecular flexibility index (Phi) is 5.44. The molecule has 3 nitrogen and oxygen atoms in total. The van der Waals surface area contributed by atoms with Gasteiger partial charge in [-0.1, -0.05) is 35.9 Å². The van der Waals surface area contributed by atoms with Crippen LogP contribution in [0.1, 0.15) is 31.7 Å². The lowest BCUT2D eigenvalue weighted by molar-refractivity contribution is 0.0382. The van der Waals surface area contributed by atoms with Crippen molar-refractivity contribution in [1.29, 1.82) is 0 Å². The molecule has 0 radical (unpaired) electrons. The van der Waals surface area contributed by atoms with Crippen LogP contribution in [0.5, 0.6) is 11.5 Å². The van der Waals surface area contributed by atoms with E-state index in [1.165, 1.54) is 12.8 Å². The van der Waals surface area contributed by atoms with Crippen LogP contribution in [0.25, 0.3) is 0 Å². The number of halogens is 1. The van der Waals surface area contributed by atoms with Gasteiger partial charge in [0.1, 0.15) is 11.5 Å². The average Bonchev–Trinajstić information content (AvgIpc) is 3.09. The van der Waals surface area contributed by atoms with Crippen LogP contribution in [-0.2, 0) is 5.60 Å². The van der Waals surface area contributed by atoms with Crippen molar-refractivity contribution in [3.8, 4) is 11.5 Å². The van der Waals surface area contributed by atoms with Gasteiger partial charge in [0.15, 0.2) is 0 Å².